The second-order valence-electron chi connectivity index (χ2n) is 10.4. The molecular formula is C28H36F3N3O5. The predicted octanol–water partition coefficient (Wildman–Crippen LogP) is 5.13. The van der Waals surface area contributed by atoms with Gasteiger partial charge >= 0.3 is 18.2 Å². The average molecular weight is 552 g/mol. The molecule has 2 amide bonds. The number of anilines is 1. The van der Waals surface area contributed by atoms with Gasteiger partial charge in [-0.05, 0) is 87.0 Å². The number of carboxylic acid groups (broad SMARTS) is 1. The smallest absolute Gasteiger partial charge is 0.490 e. The van der Waals surface area contributed by atoms with Crippen LogP contribution in [0.15, 0.2) is 36.4 Å². The molecule has 0 bridgehead atoms. The number of aryl methyl sites for hydroxylation is 2. The van der Waals surface area contributed by atoms with Crippen molar-refractivity contribution in [3.63, 3.8) is 0 Å². The molecule has 8 nitrogen and oxygen atoms in total. The second-order valence-corrected chi connectivity index (χ2v) is 10.4. The van der Waals surface area contributed by atoms with Gasteiger partial charge in [0.15, 0.2) is 11.5 Å². The molecule has 4 rings (SSSR count). The third-order valence-corrected chi connectivity index (χ3v) is 7.39. The Morgan fingerprint density at radius 2 is 1.67 bits per heavy atom. The van der Waals surface area contributed by atoms with Crippen molar-refractivity contribution in [3.8, 4) is 11.5 Å². The number of hydrogen-bond donors (Lipinski definition) is 3. The van der Waals surface area contributed by atoms with Crippen molar-refractivity contribution in [2.45, 2.75) is 50.7 Å². The zero-order valence-corrected chi connectivity index (χ0v) is 22.8. The minimum Gasteiger partial charge on any atom is -0.493 e. The normalized spacial score (nSPS) is 22.7. The van der Waals surface area contributed by atoms with E-state index in [1.165, 1.54) is 5.56 Å². The van der Waals surface area contributed by atoms with Crippen LogP contribution in [0.1, 0.15) is 36.0 Å². The van der Waals surface area contributed by atoms with Crippen LogP contribution < -0.4 is 20.1 Å². The fourth-order valence-electron chi connectivity index (χ4n) is 5.85. The van der Waals surface area contributed by atoms with Gasteiger partial charge in [0, 0.05) is 30.2 Å². The van der Waals surface area contributed by atoms with E-state index in [4.69, 9.17) is 19.4 Å². The fourth-order valence-corrected chi connectivity index (χ4v) is 5.85. The number of amides is 2. The molecule has 1 saturated carbocycles. The van der Waals surface area contributed by atoms with Gasteiger partial charge in [-0.1, -0.05) is 12.1 Å². The Morgan fingerprint density at radius 3 is 2.23 bits per heavy atom. The number of urea groups is 1. The largest absolute Gasteiger partial charge is 0.493 e. The number of benzene rings is 2. The first-order valence-electron chi connectivity index (χ1n) is 12.6. The number of carbonyl (C=O) groups is 2. The highest BCUT2D eigenvalue weighted by Crippen LogP contribution is 2.49. The molecule has 39 heavy (non-hydrogen) atoms. The van der Waals surface area contributed by atoms with Gasteiger partial charge in [-0.25, -0.2) is 9.59 Å². The first-order chi connectivity index (χ1) is 18.3. The Kier molecular flexibility index (Phi) is 9.37. The minimum absolute atomic E-state index is 0.0800. The zero-order chi connectivity index (χ0) is 29.0. The molecule has 1 saturated heterocycles. The third kappa shape index (κ3) is 7.35. The Bertz CT molecular complexity index is 1170. The van der Waals surface area contributed by atoms with E-state index in [-0.39, 0.29) is 17.5 Å². The highest BCUT2D eigenvalue weighted by molar-refractivity contribution is 5.89. The van der Waals surface area contributed by atoms with Crippen LogP contribution in [0.3, 0.4) is 0 Å². The molecule has 1 heterocycles. The van der Waals surface area contributed by atoms with Crippen molar-refractivity contribution in [2.24, 2.45) is 5.92 Å². The van der Waals surface area contributed by atoms with Gasteiger partial charge in [0.2, 0.25) is 0 Å². The predicted molar refractivity (Wildman–Crippen MR) is 142 cm³/mol. The number of nitrogens with one attached hydrogen (secondary N) is 2. The van der Waals surface area contributed by atoms with Gasteiger partial charge in [-0.2, -0.15) is 13.2 Å². The van der Waals surface area contributed by atoms with Crippen molar-refractivity contribution < 1.29 is 37.3 Å². The molecule has 2 aliphatic rings. The summed E-state index contributed by atoms with van der Waals surface area (Å²) in [4.78, 5) is 24.0. The van der Waals surface area contributed by atoms with E-state index in [1.807, 2.05) is 32.0 Å². The molecule has 2 fully saturated rings. The average Bonchev–Trinajstić information content (AvgIpc) is 3.18. The summed E-state index contributed by atoms with van der Waals surface area (Å²) in [5.74, 6) is -0.743. The van der Waals surface area contributed by atoms with Gasteiger partial charge < -0.3 is 30.1 Å². The number of aliphatic carboxylic acids is 1. The van der Waals surface area contributed by atoms with Gasteiger partial charge in [0.25, 0.3) is 0 Å². The van der Waals surface area contributed by atoms with E-state index in [0.717, 1.165) is 60.7 Å². The highest BCUT2D eigenvalue weighted by Gasteiger charge is 2.50. The first kappa shape index (κ1) is 30.1. The summed E-state index contributed by atoms with van der Waals surface area (Å²) in [5, 5.41) is 13.4. The number of likely N-dealkylation sites (N-methyl/N-ethyl adjacent to an activating group) is 1. The molecule has 2 aromatic rings. The molecule has 0 aromatic heterocycles. The highest BCUT2D eigenvalue weighted by atomic mass is 19.4. The first-order valence-corrected chi connectivity index (χ1v) is 12.6. The number of carboxylic acids is 1. The maximum Gasteiger partial charge on any atom is 0.490 e. The molecule has 2 aromatic carbocycles. The molecule has 1 aliphatic heterocycles. The molecule has 3 atom stereocenters. The number of alkyl halides is 3. The number of likely N-dealkylation sites (tertiary alicyclic amines) is 1. The number of rotatable bonds is 5. The molecule has 1 aliphatic carbocycles. The van der Waals surface area contributed by atoms with E-state index < -0.39 is 12.1 Å². The summed E-state index contributed by atoms with van der Waals surface area (Å²) in [6.45, 7) is 6.14. The lowest BCUT2D eigenvalue weighted by atomic mass is 9.63. The SMILES string of the molecule is COc1ccc(C23CCC(NC(=O)Nc4cc(C)cc(C)c4)CC2CN(C)C3)cc1OC.O=C(O)C(F)(F)F. The molecule has 3 unspecified atom stereocenters. The summed E-state index contributed by atoms with van der Waals surface area (Å²) in [6, 6.07) is 12.5. The van der Waals surface area contributed by atoms with E-state index >= 15 is 0 Å². The Morgan fingerprint density at radius 1 is 1.05 bits per heavy atom. The van der Waals surface area contributed by atoms with Crippen LogP contribution in [0, 0.1) is 19.8 Å². The monoisotopic (exact) mass is 551 g/mol. The minimum atomic E-state index is -5.08. The molecule has 3 N–H and O–H groups in total. The summed E-state index contributed by atoms with van der Waals surface area (Å²) < 4.78 is 42.8. The van der Waals surface area contributed by atoms with Crippen LogP contribution in [-0.4, -0.2) is 68.6 Å². The topological polar surface area (TPSA) is 100 Å². The van der Waals surface area contributed by atoms with Crippen LogP contribution in [0.5, 0.6) is 11.5 Å². The Hall–Kier alpha value is -3.47. The Labute approximate surface area is 226 Å². The van der Waals surface area contributed by atoms with Crippen LogP contribution >= 0.6 is 0 Å². The van der Waals surface area contributed by atoms with E-state index in [1.54, 1.807) is 14.2 Å². The van der Waals surface area contributed by atoms with E-state index in [2.05, 4.69) is 40.8 Å². The third-order valence-electron chi connectivity index (χ3n) is 7.39. The van der Waals surface area contributed by atoms with Crippen LogP contribution in [0.2, 0.25) is 0 Å². The van der Waals surface area contributed by atoms with Crippen molar-refractivity contribution in [1.29, 1.82) is 0 Å². The van der Waals surface area contributed by atoms with Crippen molar-refractivity contribution in [3.05, 3.63) is 53.1 Å². The number of carbonyl (C=O) groups excluding carboxylic acids is 1. The number of fused-ring (bicyclic) bond motifs is 1. The fraction of sp³-hybridized carbons (Fsp3) is 0.500. The summed E-state index contributed by atoms with van der Waals surface area (Å²) in [7, 11) is 5.55. The summed E-state index contributed by atoms with van der Waals surface area (Å²) in [6.07, 6.45) is -2.12. The van der Waals surface area contributed by atoms with Crippen molar-refractivity contribution in [1.82, 2.24) is 10.2 Å². The van der Waals surface area contributed by atoms with Crippen LogP contribution in [0.4, 0.5) is 23.7 Å². The summed E-state index contributed by atoms with van der Waals surface area (Å²) in [5.41, 5.74) is 4.52. The van der Waals surface area contributed by atoms with E-state index in [9.17, 15) is 18.0 Å². The number of hydrogen-bond acceptors (Lipinski definition) is 5. The lowest BCUT2D eigenvalue weighted by Crippen LogP contribution is -2.48. The lowest BCUT2D eigenvalue weighted by molar-refractivity contribution is -0.192. The zero-order valence-electron chi connectivity index (χ0n) is 22.8. The number of ether oxygens (including phenoxy) is 2. The van der Waals surface area contributed by atoms with Gasteiger partial charge in [0.05, 0.1) is 14.2 Å². The molecule has 0 spiro atoms. The van der Waals surface area contributed by atoms with Crippen LogP contribution in [0.25, 0.3) is 0 Å². The van der Waals surface area contributed by atoms with Crippen molar-refractivity contribution in [2.75, 3.05) is 39.7 Å². The molecular weight excluding hydrogens is 515 g/mol. The number of methoxy groups -OCH3 is 2. The van der Waals surface area contributed by atoms with Gasteiger partial charge in [0.1, 0.15) is 0 Å². The summed E-state index contributed by atoms with van der Waals surface area (Å²) >= 11 is 0. The molecule has 214 valence electrons. The van der Waals surface area contributed by atoms with Gasteiger partial charge in [-0.15, -0.1) is 0 Å². The maximum atomic E-state index is 12.7. The van der Waals surface area contributed by atoms with Crippen molar-refractivity contribution >= 4 is 17.7 Å². The molecule has 11 heteroatoms. The Balaban J connectivity index is 0.000000532. The van der Waals surface area contributed by atoms with Crippen LogP contribution in [-0.2, 0) is 10.2 Å². The second kappa shape index (κ2) is 12.1. The van der Waals surface area contributed by atoms with Gasteiger partial charge in [-0.3, -0.25) is 0 Å². The maximum absolute atomic E-state index is 12.7. The molecule has 0 radical (unpaired) electrons. The number of nitrogens with zero attached hydrogens (tertiary/aromatic N) is 1. The number of halogens is 3. The quantitative estimate of drug-likeness (QED) is 0.477. The van der Waals surface area contributed by atoms with E-state index in [0.29, 0.717) is 5.92 Å². The lowest BCUT2D eigenvalue weighted by Gasteiger charge is -2.42. The standard InChI is InChI=1S/C26H35N3O3.C2HF3O2/c1-17-10-18(2)12-22(11-17)28-25(30)27-21-8-9-26(16-29(3)15-20(26)13-21)19-6-7-23(31-4)24(14-19)32-5;3-2(4,5)1(6)7/h6-7,10-12,14,20-21H,8-9,13,15-16H2,1-5H3,(H2,27,28,30);(H,6,7).